The fourth-order valence-electron chi connectivity index (χ4n) is 8.94. The van der Waals surface area contributed by atoms with E-state index >= 15 is 0 Å². The third-order valence-corrected chi connectivity index (χ3v) is 10.0. The van der Waals surface area contributed by atoms with Crippen molar-refractivity contribution in [2.45, 2.75) is 106 Å². The smallest absolute Gasteiger partial charge is 0.335 e. The number of aromatic nitrogens is 4. The fraction of sp³-hybridized carbons (Fsp3) is 0.741. The topological polar surface area (TPSA) is 150 Å². The van der Waals surface area contributed by atoms with E-state index in [1.165, 1.54) is 25.6 Å². The van der Waals surface area contributed by atoms with Gasteiger partial charge in [0.05, 0.1) is 6.33 Å². The molecule has 7 aliphatic rings. The van der Waals surface area contributed by atoms with Gasteiger partial charge in [-0.15, -0.1) is 0 Å². The Kier molecular flexibility index (Phi) is 5.28. The summed E-state index contributed by atoms with van der Waals surface area (Å²) in [6.45, 7) is 0. The van der Waals surface area contributed by atoms with Crippen molar-refractivity contribution in [1.82, 2.24) is 24.8 Å². The van der Waals surface area contributed by atoms with Gasteiger partial charge >= 0.3 is 12.0 Å². The van der Waals surface area contributed by atoms with Gasteiger partial charge in [0.25, 0.3) is 0 Å². The van der Waals surface area contributed by atoms with Crippen LogP contribution >= 0.6 is 0 Å². The predicted octanol–water partition coefficient (Wildman–Crippen LogP) is 3.34. The van der Waals surface area contributed by atoms with E-state index in [-0.39, 0.29) is 11.6 Å². The summed E-state index contributed by atoms with van der Waals surface area (Å²) in [5.41, 5.74) is 0.707. The van der Waals surface area contributed by atoms with Crippen LogP contribution in [-0.4, -0.2) is 66.3 Å². The molecule has 9 rings (SSSR count). The molecule has 39 heavy (non-hydrogen) atoms. The molecule has 12 nitrogen and oxygen atoms in total. The molecule has 2 aromatic heterocycles. The first-order chi connectivity index (χ1) is 18.9. The summed E-state index contributed by atoms with van der Waals surface area (Å²) in [5, 5.41) is 16.1. The third kappa shape index (κ3) is 3.86. The SMILES string of the molecule is O=C(Nc1ncnc2c1ncn2[C@@H]1O[C@H](C(=O)O)C2OC3(CCCCC3)O[C@@H]21)NC12CC3CC(CC(C3)C1)C2. The number of anilines is 1. The lowest BCUT2D eigenvalue weighted by atomic mass is 9.53. The monoisotopic (exact) mass is 538 g/mol. The van der Waals surface area contributed by atoms with Crippen molar-refractivity contribution in [1.29, 1.82) is 0 Å². The highest BCUT2D eigenvalue weighted by Gasteiger charge is 2.61. The van der Waals surface area contributed by atoms with E-state index in [0.29, 0.717) is 17.0 Å². The van der Waals surface area contributed by atoms with Crippen LogP contribution in [-0.2, 0) is 19.0 Å². The highest BCUT2D eigenvalue weighted by Crippen LogP contribution is 2.55. The number of carbonyl (C=O) groups excluding carboxylic acids is 1. The molecule has 5 saturated carbocycles. The molecule has 12 heteroatoms. The normalized spacial score (nSPS) is 39.7. The first kappa shape index (κ1) is 24.0. The molecule has 208 valence electrons. The standard InChI is InChI=1S/C27H34N6O6/c34-24(35)20-18-19(39-27(38-18)4-2-1-3-5-27)23(37-20)33-13-30-17-21(28-12-29-22(17)33)31-25(36)32-26-9-14-6-15(10-26)8-16(7-14)11-26/h12-16,18-20,23H,1-11H2,(H,34,35)(H2,28,29,31,32,36)/t14?,15?,16?,18?,19-,20-,23+,26?/m0/s1. The molecule has 1 spiro atoms. The van der Waals surface area contributed by atoms with Crippen LogP contribution < -0.4 is 10.6 Å². The molecule has 2 saturated heterocycles. The molecular formula is C27H34N6O6. The maximum absolute atomic E-state index is 13.2. The van der Waals surface area contributed by atoms with Gasteiger partial charge in [-0.2, -0.15) is 0 Å². The largest absolute Gasteiger partial charge is 0.479 e. The van der Waals surface area contributed by atoms with Gasteiger partial charge in [-0.25, -0.2) is 24.5 Å². The Balaban J connectivity index is 1.04. The van der Waals surface area contributed by atoms with Crippen molar-refractivity contribution in [3.63, 3.8) is 0 Å². The highest BCUT2D eigenvalue weighted by atomic mass is 16.8. The number of carboxylic acids is 1. The molecule has 7 fully saturated rings. The second-order valence-electron chi connectivity index (χ2n) is 12.7. The Morgan fingerprint density at radius 2 is 1.64 bits per heavy atom. The van der Waals surface area contributed by atoms with Crippen LogP contribution in [0.5, 0.6) is 0 Å². The molecule has 4 atom stereocenters. The van der Waals surface area contributed by atoms with Gasteiger partial charge in [-0.05, 0) is 69.1 Å². The average molecular weight is 539 g/mol. The lowest BCUT2D eigenvalue weighted by molar-refractivity contribution is -0.231. The van der Waals surface area contributed by atoms with Gasteiger partial charge in [0.15, 0.2) is 35.1 Å². The predicted molar refractivity (Wildman–Crippen MR) is 135 cm³/mol. The van der Waals surface area contributed by atoms with Gasteiger partial charge in [-0.3, -0.25) is 9.88 Å². The number of amides is 2. The summed E-state index contributed by atoms with van der Waals surface area (Å²) in [6.07, 6.45) is 11.2. The summed E-state index contributed by atoms with van der Waals surface area (Å²) in [4.78, 5) is 38.5. The minimum atomic E-state index is -1.16. The Morgan fingerprint density at radius 3 is 2.33 bits per heavy atom. The van der Waals surface area contributed by atoms with E-state index in [0.717, 1.165) is 69.1 Å². The number of imidazole rings is 1. The molecule has 2 amide bonds. The third-order valence-electron chi connectivity index (χ3n) is 10.0. The van der Waals surface area contributed by atoms with Crippen molar-refractivity contribution >= 4 is 29.0 Å². The Labute approximate surface area is 225 Å². The number of nitrogens with one attached hydrogen (secondary N) is 2. The maximum atomic E-state index is 13.2. The lowest BCUT2D eigenvalue weighted by Crippen LogP contribution is -2.60. The lowest BCUT2D eigenvalue weighted by Gasteiger charge is -2.56. The van der Waals surface area contributed by atoms with Crippen molar-refractivity contribution in [2.24, 2.45) is 17.8 Å². The van der Waals surface area contributed by atoms with Crippen molar-refractivity contribution in [2.75, 3.05) is 5.32 Å². The number of ether oxygens (including phenoxy) is 3. The average Bonchev–Trinajstić information content (AvgIpc) is 3.55. The van der Waals surface area contributed by atoms with Crippen molar-refractivity contribution in [3.8, 4) is 0 Å². The van der Waals surface area contributed by atoms with Gasteiger partial charge in [0.2, 0.25) is 0 Å². The van der Waals surface area contributed by atoms with E-state index in [2.05, 4.69) is 25.6 Å². The Morgan fingerprint density at radius 1 is 0.949 bits per heavy atom. The minimum absolute atomic E-state index is 0.127. The zero-order valence-corrected chi connectivity index (χ0v) is 21.8. The summed E-state index contributed by atoms with van der Waals surface area (Å²) >= 11 is 0. The van der Waals surface area contributed by atoms with Crippen molar-refractivity contribution < 1.29 is 28.9 Å². The fourth-order valence-corrected chi connectivity index (χ4v) is 8.94. The molecular weight excluding hydrogens is 504 g/mol. The molecule has 3 N–H and O–H groups in total. The maximum Gasteiger partial charge on any atom is 0.335 e. The van der Waals surface area contributed by atoms with E-state index < -0.39 is 36.3 Å². The second-order valence-corrected chi connectivity index (χ2v) is 12.7. The molecule has 1 unspecified atom stereocenters. The number of carbonyl (C=O) groups is 2. The Hall–Kier alpha value is -2.83. The van der Waals surface area contributed by atoms with Crippen LogP contribution in [0.15, 0.2) is 12.7 Å². The zero-order valence-electron chi connectivity index (χ0n) is 21.8. The van der Waals surface area contributed by atoms with Crippen LogP contribution in [0.4, 0.5) is 10.6 Å². The van der Waals surface area contributed by atoms with Crippen LogP contribution in [0, 0.1) is 17.8 Å². The number of nitrogens with zero attached hydrogens (tertiary/aromatic N) is 4. The molecule has 4 heterocycles. The number of urea groups is 1. The van der Waals surface area contributed by atoms with E-state index in [1.54, 1.807) is 10.9 Å². The van der Waals surface area contributed by atoms with Crippen molar-refractivity contribution in [3.05, 3.63) is 12.7 Å². The van der Waals surface area contributed by atoms with E-state index in [4.69, 9.17) is 14.2 Å². The van der Waals surface area contributed by atoms with Crippen LogP contribution in [0.3, 0.4) is 0 Å². The number of rotatable bonds is 4. The minimum Gasteiger partial charge on any atom is -0.479 e. The van der Waals surface area contributed by atoms with Gasteiger partial charge in [0.1, 0.15) is 18.5 Å². The molecule has 5 aliphatic carbocycles. The highest BCUT2D eigenvalue weighted by molar-refractivity contribution is 5.96. The first-order valence-electron chi connectivity index (χ1n) is 14.4. The van der Waals surface area contributed by atoms with Gasteiger partial charge in [-0.1, -0.05) is 6.42 Å². The number of fused-ring (bicyclic) bond motifs is 2. The molecule has 2 aliphatic heterocycles. The summed E-state index contributed by atoms with van der Waals surface area (Å²) in [7, 11) is 0. The Bertz CT molecular complexity index is 1290. The number of aliphatic carboxylic acids is 1. The summed E-state index contributed by atoms with van der Waals surface area (Å²) in [6, 6.07) is -0.276. The molecule has 2 aromatic rings. The molecule has 0 aromatic carbocycles. The number of hydrogen-bond donors (Lipinski definition) is 3. The van der Waals surface area contributed by atoms with Crippen LogP contribution in [0.1, 0.15) is 76.9 Å². The second kappa shape index (κ2) is 8.58. The van der Waals surface area contributed by atoms with Crippen LogP contribution in [0.2, 0.25) is 0 Å². The van der Waals surface area contributed by atoms with Crippen LogP contribution in [0.25, 0.3) is 11.2 Å². The van der Waals surface area contributed by atoms with Gasteiger partial charge in [0, 0.05) is 18.4 Å². The zero-order chi connectivity index (χ0) is 26.4. The molecule has 4 bridgehead atoms. The number of carboxylic acid groups (broad SMARTS) is 1. The van der Waals surface area contributed by atoms with Gasteiger partial charge < -0.3 is 24.6 Å². The number of hydrogen-bond acceptors (Lipinski definition) is 8. The first-order valence-corrected chi connectivity index (χ1v) is 14.4. The summed E-state index contributed by atoms with van der Waals surface area (Å²) < 4.78 is 20.3. The van der Waals surface area contributed by atoms with E-state index in [9.17, 15) is 14.7 Å². The quantitative estimate of drug-likeness (QED) is 0.533. The van der Waals surface area contributed by atoms with E-state index in [1.807, 2.05) is 0 Å². The summed E-state index contributed by atoms with van der Waals surface area (Å²) in [5.74, 6) is 0.605. The molecule has 0 radical (unpaired) electrons.